The molecule has 0 aliphatic heterocycles. The zero-order valence-electron chi connectivity index (χ0n) is 11.3. The molecule has 2 N–H and O–H groups in total. The Morgan fingerprint density at radius 3 is 2.78 bits per heavy atom. The minimum absolute atomic E-state index is 0.556. The van der Waals surface area contributed by atoms with Crippen LogP contribution in [0.3, 0.4) is 0 Å². The molecule has 0 saturated heterocycles. The van der Waals surface area contributed by atoms with E-state index in [1.807, 2.05) is 30.8 Å². The predicted molar refractivity (Wildman–Crippen MR) is 73.7 cm³/mol. The zero-order valence-corrected chi connectivity index (χ0v) is 11.3. The number of likely N-dealkylation sites (N-methyl/N-ethyl adjacent to an activating group) is 1. The van der Waals surface area contributed by atoms with Crippen molar-refractivity contribution in [2.24, 2.45) is 0 Å². The van der Waals surface area contributed by atoms with Crippen LogP contribution in [-0.4, -0.2) is 34.1 Å². The number of aliphatic hydroxyl groups is 1. The normalized spacial score (nSPS) is 14.9. The lowest BCUT2D eigenvalue weighted by molar-refractivity contribution is 0.0614. The van der Waals surface area contributed by atoms with Crippen molar-refractivity contribution in [3.63, 3.8) is 0 Å². The summed E-state index contributed by atoms with van der Waals surface area (Å²) in [6, 6.07) is 8.17. The van der Waals surface area contributed by atoms with Crippen LogP contribution in [0.1, 0.15) is 19.5 Å². The Hall–Kier alpha value is -1.39. The molecule has 1 unspecified atom stereocenters. The molecule has 0 spiro atoms. The molecule has 0 fully saturated rings. The maximum absolute atomic E-state index is 10.3. The first-order valence-corrected chi connectivity index (χ1v) is 6.39. The molecule has 4 heteroatoms. The molecule has 0 saturated carbocycles. The average Bonchev–Trinajstić information content (AvgIpc) is 2.67. The van der Waals surface area contributed by atoms with Crippen LogP contribution in [0.5, 0.6) is 0 Å². The molecular weight excluding hydrogens is 226 g/mol. The number of nitrogens with one attached hydrogen (secondary N) is 1. The van der Waals surface area contributed by atoms with Gasteiger partial charge in [0.15, 0.2) is 0 Å². The van der Waals surface area contributed by atoms with E-state index in [9.17, 15) is 5.11 Å². The summed E-state index contributed by atoms with van der Waals surface area (Å²) in [4.78, 5) is 0. The number of hydrogen-bond donors (Lipinski definition) is 2. The van der Waals surface area contributed by atoms with Gasteiger partial charge in [0.05, 0.1) is 16.8 Å². The van der Waals surface area contributed by atoms with Gasteiger partial charge in [0.25, 0.3) is 0 Å². The van der Waals surface area contributed by atoms with Crippen LogP contribution in [0.2, 0.25) is 0 Å². The van der Waals surface area contributed by atoms with Crippen molar-refractivity contribution < 1.29 is 5.11 Å². The van der Waals surface area contributed by atoms with Crippen molar-refractivity contribution in [2.45, 2.75) is 32.4 Å². The molecule has 0 bridgehead atoms. The third-order valence-electron chi connectivity index (χ3n) is 3.14. The molecule has 1 atom stereocenters. The molecule has 0 aliphatic carbocycles. The number of benzene rings is 1. The van der Waals surface area contributed by atoms with Crippen LogP contribution >= 0.6 is 0 Å². The Labute approximate surface area is 108 Å². The van der Waals surface area contributed by atoms with Crippen molar-refractivity contribution in [3.8, 4) is 0 Å². The van der Waals surface area contributed by atoms with Gasteiger partial charge in [0.1, 0.15) is 0 Å². The number of hydrogen-bond acceptors (Lipinski definition) is 3. The summed E-state index contributed by atoms with van der Waals surface area (Å²) >= 11 is 0. The van der Waals surface area contributed by atoms with E-state index in [4.69, 9.17) is 0 Å². The van der Waals surface area contributed by atoms with Crippen LogP contribution in [0.25, 0.3) is 10.9 Å². The molecule has 4 nitrogen and oxygen atoms in total. The second-order valence-corrected chi connectivity index (χ2v) is 4.98. The molecule has 0 amide bonds. The van der Waals surface area contributed by atoms with Gasteiger partial charge >= 0.3 is 0 Å². The first-order chi connectivity index (χ1) is 8.57. The third-order valence-corrected chi connectivity index (χ3v) is 3.14. The van der Waals surface area contributed by atoms with Gasteiger partial charge in [-0.3, -0.25) is 4.68 Å². The second kappa shape index (κ2) is 5.08. The van der Waals surface area contributed by atoms with Crippen molar-refractivity contribution >= 4 is 10.9 Å². The average molecular weight is 247 g/mol. The van der Waals surface area contributed by atoms with Gasteiger partial charge < -0.3 is 10.4 Å². The van der Waals surface area contributed by atoms with Crippen molar-refractivity contribution in [2.75, 3.05) is 13.6 Å². The SMILES string of the molecule is CCn1nc(CC(C)(O)CNC)c2ccccc21. The smallest absolute Gasteiger partial charge is 0.0799 e. The predicted octanol–water partition coefficient (Wildman–Crippen LogP) is 1.57. The van der Waals surface area contributed by atoms with Gasteiger partial charge in [-0.2, -0.15) is 5.10 Å². The van der Waals surface area contributed by atoms with Gasteiger partial charge in [-0.05, 0) is 27.0 Å². The van der Waals surface area contributed by atoms with Crippen LogP contribution < -0.4 is 5.32 Å². The topological polar surface area (TPSA) is 50.1 Å². The molecule has 2 rings (SSSR count). The molecule has 0 radical (unpaired) electrons. The lowest BCUT2D eigenvalue weighted by Gasteiger charge is -2.21. The molecule has 18 heavy (non-hydrogen) atoms. The minimum Gasteiger partial charge on any atom is -0.388 e. The molecule has 1 aromatic carbocycles. The Morgan fingerprint density at radius 1 is 1.39 bits per heavy atom. The van der Waals surface area contributed by atoms with Crippen LogP contribution in [-0.2, 0) is 13.0 Å². The largest absolute Gasteiger partial charge is 0.388 e. The maximum atomic E-state index is 10.3. The Kier molecular flexibility index (Phi) is 3.68. The Balaban J connectivity index is 2.39. The number of aromatic nitrogens is 2. The third kappa shape index (κ3) is 2.54. The summed E-state index contributed by atoms with van der Waals surface area (Å²) in [5.74, 6) is 0. The molecule has 1 aromatic heterocycles. The van der Waals surface area contributed by atoms with E-state index in [1.54, 1.807) is 0 Å². The summed E-state index contributed by atoms with van der Waals surface area (Å²) in [7, 11) is 1.84. The summed E-state index contributed by atoms with van der Waals surface area (Å²) in [5.41, 5.74) is 1.33. The van der Waals surface area contributed by atoms with Crippen molar-refractivity contribution in [1.29, 1.82) is 0 Å². The standard InChI is InChI=1S/C14H21N3O/c1-4-17-13-8-6-5-7-11(13)12(16-17)9-14(2,18)10-15-3/h5-8,15,18H,4,9-10H2,1-3H3. The van der Waals surface area contributed by atoms with Gasteiger partial charge in [0, 0.05) is 24.9 Å². The molecule has 98 valence electrons. The summed E-state index contributed by atoms with van der Waals surface area (Å²) in [6.07, 6.45) is 0.557. The number of aryl methyl sites for hydroxylation is 1. The first-order valence-electron chi connectivity index (χ1n) is 6.39. The zero-order chi connectivity index (χ0) is 13.2. The van der Waals surface area contributed by atoms with Gasteiger partial charge in [0.2, 0.25) is 0 Å². The number of para-hydroxylation sites is 1. The van der Waals surface area contributed by atoms with E-state index in [0.29, 0.717) is 13.0 Å². The fourth-order valence-corrected chi connectivity index (χ4v) is 2.37. The van der Waals surface area contributed by atoms with Crippen molar-refractivity contribution in [3.05, 3.63) is 30.0 Å². The molecular formula is C14H21N3O. The number of nitrogens with zero attached hydrogens (tertiary/aromatic N) is 2. The first kappa shape index (κ1) is 13.1. The lowest BCUT2D eigenvalue weighted by atomic mass is 9.98. The quantitative estimate of drug-likeness (QED) is 0.843. The van der Waals surface area contributed by atoms with Crippen LogP contribution in [0, 0.1) is 0 Å². The van der Waals surface area contributed by atoms with E-state index in [0.717, 1.165) is 23.1 Å². The number of fused-ring (bicyclic) bond motifs is 1. The lowest BCUT2D eigenvalue weighted by Crippen LogP contribution is -2.38. The number of rotatable bonds is 5. The van der Waals surface area contributed by atoms with Gasteiger partial charge in [-0.1, -0.05) is 18.2 Å². The van der Waals surface area contributed by atoms with E-state index in [2.05, 4.69) is 29.5 Å². The maximum Gasteiger partial charge on any atom is 0.0799 e. The Bertz CT molecular complexity index is 531. The fourth-order valence-electron chi connectivity index (χ4n) is 2.37. The van der Waals surface area contributed by atoms with E-state index >= 15 is 0 Å². The highest BCUT2D eigenvalue weighted by molar-refractivity contribution is 5.82. The summed E-state index contributed by atoms with van der Waals surface area (Å²) < 4.78 is 1.99. The summed E-state index contributed by atoms with van der Waals surface area (Å²) in [5, 5.41) is 19.0. The highest BCUT2D eigenvalue weighted by Gasteiger charge is 2.23. The van der Waals surface area contributed by atoms with Crippen molar-refractivity contribution in [1.82, 2.24) is 15.1 Å². The van der Waals surface area contributed by atoms with Crippen LogP contribution in [0.4, 0.5) is 0 Å². The van der Waals surface area contributed by atoms with E-state index in [-0.39, 0.29) is 0 Å². The fraction of sp³-hybridized carbons (Fsp3) is 0.500. The minimum atomic E-state index is -0.773. The second-order valence-electron chi connectivity index (χ2n) is 4.98. The van der Waals surface area contributed by atoms with Crippen LogP contribution in [0.15, 0.2) is 24.3 Å². The molecule has 1 heterocycles. The monoisotopic (exact) mass is 247 g/mol. The van der Waals surface area contributed by atoms with E-state index < -0.39 is 5.60 Å². The summed E-state index contributed by atoms with van der Waals surface area (Å²) in [6.45, 7) is 5.31. The molecule has 2 aromatic rings. The highest BCUT2D eigenvalue weighted by Crippen LogP contribution is 2.22. The highest BCUT2D eigenvalue weighted by atomic mass is 16.3. The van der Waals surface area contributed by atoms with Gasteiger partial charge in [-0.15, -0.1) is 0 Å². The van der Waals surface area contributed by atoms with Gasteiger partial charge in [-0.25, -0.2) is 0 Å². The van der Waals surface area contributed by atoms with E-state index in [1.165, 1.54) is 0 Å². The molecule has 0 aliphatic rings. The Morgan fingerprint density at radius 2 is 2.11 bits per heavy atom.